The number of anilines is 1. The normalized spacial score (nSPS) is 22.4. The summed E-state index contributed by atoms with van der Waals surface area (Å²) < 4.78 is 12.2. The molecule has 36 heavy (non-hydrogen) atoms. The van der Waals surface area contributed by atoms with Gasteiger partial charge in [0.1, 0.15) is 6.04 Å². The minimum Gasteiger partial charge on any atom is -0.399 e. The second kappa shape index (κ2) is 8.57. The molecule has 2 N–H and O–H groups in total. The molecule has 0 saturated carbocycles. The van der Waals surface area contributed by atoms with Crippen molar-refractivity contribution in [1.82, 2.24) is 10.2 Å². The van der Waals surface area contributed by atoms with E-state index in [1.807, 2.05) is 33.8 Å². The second-order valence-corrected chi connectivity index (χ2v) is 10.4. The third kappa shape index (κ3) is 4.20. The van der Waals surface area contributed by atoms with Crippen molar-refractivity contribution in [3.63, 3.8) is 0 Å². The van der Waals surface area contributed by atoms with Crippen LogP contribution in [0.25, 0.3) is 0 Å². The fraction of sp³-hybridized carbons (Fsp3) is 0.385. The van der Waals surface area contributed by atoms with Gasteiger partial charge in [0.05, 0.1) is 11.2 Å². The predicted octanol–water partition coefficient (Wildman–Crippen LogP) is 2.00. The first-order valence-electron chi connectivity index (χ1n) is 12.0. The molecular weight excluding hydrogens is 461 g/mol. The summed E-state index contributed by atoms with van der Waals surface area (Å²) in [5.41, 5.74) is 1.97. The van der Waals surface area contributed by atoms with Crippen LogP contribution in [0.3, 0.4) is 0 Å². The Morgan fingerprint density at radius 2 is 1.78 bits per heavy atom. The number of nitrogens with one attached hydrogen (secondary N) is 2. The zero-order valence-corrected chi connectivity index (χ0v) is 20.7. The Kier molecular flexibility index (Phi) is 5.76. The maximum atomic E-state index is 13.0. The summed E-state index contributed by atoms with van der Waals surface area (Å²) in [7, 11) is -0.577. The molecule has 5 rings (SSSR count). The van der Waals surface area contributed by atoms with Gasteiger partial charge in [-0.1, -0.05) is 12.1 Å². The van der Waals surface area contributed by atoms with E-state index in [9.17, 15) is 19.2 Å². The molecule has 2 aromatic rings. The zero-order chi connectivity index (χ0) is 25.8. The standard InChI is InChI=1S/C26H28BN3O6/c1-25(2)26(3,4)36-27(35-25)17-7-5-6-15(12-17)22(32)28-18-8-9-19-16(13-18)14-30(24(19)34)20-10-11-21(31)29-23(20)33/h5-9,12-13,20H,10-11,14H2,1-4H3,(H,28,32)(H,29,31,33). The summed E-state index contributed by atoms with van der Waals surface area (Å²) in [6.07, 6.45) is 0.496. The predicted molar refractivity (Wildman–Crippen MR) is 133 cm³/mol. The first kappa shape index (κ1) is 24.2. The molecule has 3 aliphatic rings. The number of carbonyl (C=O) groups is 4. The van der Waals surface area contributed by atoms with Gasteiger partial charge in [-0.3, -0.25) is 24.5 Å². The van der Waals surface area contributed by atoms with Crippen molar-refractivity contribution >= 4 is 41.9 Å². The Bertz CT molecular complexity index is 1270. The Morgan fingerprint density at radius 1 is 1.06 bits per heavy atom. The van der Waals surface area contributed by atoms with E-state index in [0.717, 1.165) is 5.46 Å². The highest BCUT2D eigenvalue weighted by Gasteiger charge is 2.51. The molecule has 0 bridgehead atoms. The molecule has 186 valence electrons. The maximum Gasteiger partial charge on any atom is 0.494 e. The van der Waals surface area contributed by atoms with Crippen LogP contribution in [0.1, 0.15) is 66.8 Å². The zero-order valence-electron chi connectivity index (χ0n) is 20.7. The van der Waals surface area contributed by atoms with Crippen LogP contribution in [0.4, 0.5) is 5.69 Å². The van der Waals surface area contributed by atoms with Gasteiger partial charge in [0.25, 0.3) is 11.8 Å². The highest BCUT2D eigenvalue weighted by Crippen LogP contribution is 2.36. The van der Waals surface area contributed by atoms with Crippen molar-refractivity contribution < 1.29 is 28.5 Å². The molecule has 9 nitrogen and oxygen atoms in total. The van der Waals surface area contributed by atoms with Crippen LogP contribution in [-0.4, -0.2) is 52.9 Å². The third-order valence-corrected chi connectivity index (χ3v) is 7.46. The lowest BCUT2D eigenvalue weighted by Crippen LogP contribution is -2.52. The summed E-state index contributed by atoms with van der Waals surface area (Å²) in [4.78, 5) is 51.1. The van der Waals surface area contributed by atoms with Gasteiger partial charge in [0, 0.05) is 29.8 Å². The molecule has 10 heteroatoms. The van der Waals surface area contributed by atoms with Gasteiger partial charge in [-0.2, -0.15) is 0 Å². The van der Waals surface area contributed by atoms with Crippen molar-refractivity contribution in [3.8, 4) is 0 Å². The van der Waals surface area contributed by atoms with Crippen LogP contribution in [-0.2, 0) is 25.4 Å². The fourth-order valence-electron chi connectivity index (χ4n) is 4.66. The molecule has 0 aliphatic carbocycles. The first-order chi connectivity index (χ1) is 16.9. The number of nitrogens with zero attached hydrogens (tertiary/aromatic N) is 1. The van der Waals surface area contributed by atoms with Gasteiger partial charge in [-0.05, 0) is 75.5 Å². The summed E-state index contributed by atoms with van der Waals surface area (Å²) in [6.45, 7) is 8.14. The smallest absolute Gasteiger partial charge is 0.399 e. The molecule has 3 aliphatic heterocycles. The SMILES string of the molecule is CC1(C)OB(c2cccc(C(=O)Nc3ccc4c(c3)CN(C3CCC(=O)NC3=O)C4=O)c2)OC1(C)C. The lowest BCUT2D eigenvalue weighted by molar-refractivity contribution is -0.136. The molecule has 0 spiro atoms. The number of amides is 4. The van der Waals surface area contributed by atoms with Crippen molar-refractivity contribution in [2.75, 3.05) is 5.32 Å². The van der Waals surface area contributed by atoms with Crippen LogP contribution in [0.15, 0.2) is 42.5 Å². The number of rotatable bonds is 4. The number of imide groups is 1. The van der Waals surface area contributed by atoms with E-state index in [-0.39, 0.29) is 30.7 Å². The highest BCUT2D eigenvalue weighted by molar-refractivity contribution is 6.62. The summed E-state index contributed by atoms with van der Waals surface area (Å²) in [5, 5.41) is 5.18. The maximum absolute atomic E-state index is 13.0. The summed E-state index contributed by atoms with van der Waals surface area (Å²) in [6, 6.07) is 11.5. The highest BCUT2D eigenvalue weighted by atomic mass is 16.7. The van der Waals surface area contributed by atoms with E-state index in [1.54, 1.807) is 36.4 Å². The van der Waals surface area contributed by atoms with Crippen LogP contribution in [0.5, 0.6) is 0 Å². The third-order valence-electron chi connectivity index (χ3n) is 7.46. The van der Waals surface area contributed by atoms with Gasteiger partial charge >= 0.3 is 7.12 Å². The fourth-order valence-corrected chi connectivity index (χ4v) is 4.66. The minimum absolute atomic E-state index is 0.197. The molecule has 1 unspecified atom stereocenters. The molecule has 2 fully saturated rings. The second-order valence-electron chi connectivity index (χ2n) is 10.4. The molecule has 2 saturated heterocycles. The minimum atomic E-state index is -0.682. The average molecular weight is 489 g/mol. The number of hydrogen-bond acceptors (Lipinski definition) is 6. The van der Waals surface area contributed by atoms with Crippen LogP contribution in [0.2, 0.25) is 0 Å². The van der Waals surface area contributed by atoms with Gasteiger partial charge in [0.2, 0.25) is 11.8 Å². The number of hydrogen-bond donors (Lipinski definition) is 2. The van der Waals surface area contributed by atoms with E-state index >= 15 is 0 Å². The lowest BCUT2D eigenvalue weighted by Gasteiger charge is -2.32. The lowest BCUT2D eigenvalue weighted by atomic mass is 9.78. The van der Waals surface area contributed by atoms with Crippen molar-refractivity contribution in [3.05, 3.63) is 59.2 Å². The Hall–Kier alpha value is -3.50. The molecule has 0 aromatic heterocycles. The van der Waals surface area contributed by atoms with Gasteiger partial charge in [-0.15, -0.1) is 0 Å². The molecule has 0 radical (unpaired) electrons. The topological polar surface area (TPSA) is 114 Å². The van der Waals surface area contributed by atoms with Crippen LogP contribution < -0.4 is 16.1 Å². The molecule has 2 aromatic carbocycles. The molecular formula is C26H28BN3O6. The van der Waals surface area contributed by atoms with Gasteiger partial charge in [-0.25, -0.2) is 0 Å². The van der Waals surface area contributed by atoms with E-state index in [0.29, 0.717) is 28.8 Å². The quantitative estimate of drug-likeness (QED) is 0.502. The van der Waals surface area contributed by atoms with E-state index in [1.165, 1.54) is 4.90 Å². The van der Waals surface area contributed by atoms with E-state index < -0.39 is 30.3 Å². The molecule has 3 heterocycles. The first-order valence-corrected chi connectivity index (χ1v) is 12.0. The van der Waals surface area contributed by atoms with Crippen LogP contribution in [0, 0.1) is 0 Å². The monoisotopic (exact) mass is 489 g/mol. The summed E-state index contributed by atoms with van der Waals surface area (Å²) >= 11 is 0. The van der Waals surface area contributed by atoms with E-state index in [2.05, 4.69) is 10.6 Å². The summed E-state index contributed by atoms with van der Waals surface area (Å²) in [5.74, 6) is -1.34. The average Bonchev–Trinajstić information content (AvgIpc) is 3.25. The van der Waals surface area contributed by atoms with Crippen molar-refractivity contribution in [2.45, 2.75) is 64.3 Å². The molecule has 4 amide bonds. The van der Waals surface area contributed by atoms with E-state index in [4.69, 9.17) is 9.31 Å². The number of carbonyl (C=O) groups excluding carboxylic acids is 4. The van der Waals surface area contributed by atoms with Crippen molar-refractivity contribution in [2.24, 2.45) is 0 Å². The largest absolute Gasteiger partial charge is 0.494 e. The van der Waals surface area contributed by atoms with Crippen LogP contribution >= 0.6 is 0 Å². The van der Waals surface area contributed by atoms with Crippen molar-refractivity contribution in [1.29, 1.82) is 0 Å². The molecule has 1 atom stereocenters. The number of fused-ring (bicyclic) bond motifs is 1. The Morgan fingerprint density at radius 3 is 2.47 bits per heavy atom. The van der Waals surface area contributed by atoms with Gasteiger partial charge < -0.3 is 19.5 Å². The Labute approximate surface area is 209 Å². The number of piperidine rings is 1. The number of benzene rings is 2. The van der Waals surface area contributed by atoms with Gasteiger partial charge in [0.15, 0.2) is 0 Å². The Balaban J connectivity index is 1.29.